The molecule has 0 heterocycles. The van der Waals surface area contributed by atoms with Crippen LogP contribution in [0.4, 0.5) is 0 Å². The third-order valence-electron chi connectivity index (χ3n) is 3.14. The topological polar surface area (TPSA) is 57.6 Å². The smallest absolute Gasteiger partial charge is 0.243 e. The molecule has 1 aromatic carbocycles. The van der Waals surface area contributed by atoms with E-state index in [1.165, 1.54) is 4.31 Å². The van der Waals surface area contributed by atoms with Gasteiger partial charge in [0.15, 0.2) is 0 Å². The van der Waals surface area contributed by atoms with Gasteiger partial charge in [-0.3, -0.25) is 0 Å². The molecule has 0 atom stereocenters. The minimum atomic E-state index is -3.49. The van der Waals surface area contributed by atoms with Gasteiger partial charge in [-0.1, -0.05) is 18.2 Å². The van der Waals surface area contributed by atoms with Crippen molar-refractivity contribution in [3.8, 4) is 0 Å². The second kappa shape index (κ2) is 6.84. The van der Waals surface area contributed by atoms with Crippen molar-refractivity contribution in [3.63, 3.8) is 0 Å². The van der Waals surface area contributed by atoms with Gasteiger partial charge in [-0.15, -0.1) is 6.58 Å². The van der Waals surface area contributed by atoms with Crippen LogP contribution in [0, 0.1) is 6.92 Å². The van der Waals surface area contributed by atoms with Crippen molar-refractivity contribution in [3.05, 3.63) is 42.0 Å². The molecule has 0 saturated heterocycles. The second-order valence-electron chi connectivity index (χ2n) is 4.46. The number of allylic oxidation sites excluding steroid dienone is 1. The Kier molecular flexibility index (Phi) is 5.72. The number of benzene rings is 1. The number of aliphatic hydroxyl groups is 1. The summed E-state index contributed by atoms with van der Waals surface area (Å²) in [6.07, 6.45) is 3.31. The summed E-state index contributed by atoms with van der Waals surface area (Å²) < 4.78 is 26.2. The summed E-state index contributed by atoms with van der Waals surface area (Å²) in [5, 5.41) is 9.20. The van der Waals surface area contributed by atoms with Crippen molar-refractivity contribution >= 4 is 10.0 Å². The minimum absolute atomic E-state index is 0.157. The molecule has 1 aromatic rings. The summed E-state index contributed by atoms with van der Waals surface area (Å²) >= 11 is 0. The number of nitrogens with zero attached hydrogens (tertiary/aromatic N) is 1. The minimum Gasteiger partial charge on any atom is -0.392 e. The molecular formula is C14H21NO3S. The van der Waals surface area contributed by atoms with E-state index in [4.69, 9.17) is 0 Å². The molecule has 0 aliphatic rings. The van der Waals surface area contributed by atoms with Gasteiger partial charge < -0.3 is 5.11 Å². The molecule has 0 radical (unpaired) electrons. The van der Waals surface area contributed by atoms with E-state index in [2.05, 4.69) is 6.58 Å². The van der Waals surface area contributed by atoms with Crippen LogP contribution < -0.4 is 0 Å². The molecule has 0 aliphatic carbocycles. The number of unbranched alkanes of at least 4 members (excludes halogenated alkanes) is 1. The van der Waals surface area contributed by atoms with Crippen LogP contribution >= 0.6 is 0 Å². The van der Waals surface area contributed by atoms with E-state index in [0.29, 0.717) is 17.7 Å². The summed E-state index contributed by atoms with van der Waals surface area (Å²) in [6.45, 7) is 5.64. The highest BCUT2D eigenvalue weighted by Gasteiger charge is 2.22. The largest absolute Gasteiger partial charge is 0.392 e. The highest BCUT2D eigenvalue weighted by atomic mass is 32.2. The molecule has 0 spiro atoms. The van der Waals surface area contributed by atoms with Crippen LogP contribution in [0.5, 0.6) is 0 Å². The summed E-state index contributed by atoms with van der Waals surface area (Å²) in [7, 11) is -1.92. The Bertz CT molecular complexity index is 538. The van der Waals surface area contributed by atoms with Crippen LogP contribution in [0.25, 0.3) is 0 Å². The maximum Gasteiger partial charge on any atom is 0.243 e. The predicted molar refractivity (Wildman–Crippen MR) is 76.3 cm³/mol. The van der Waals surface area contributed by atoms with E-state index in [-0.39, 0.29) is 11.5 Å². The average molecular weight is 283 g/mol. The van der Waals surface area contributed by atoms with Gasteiger partial charge in [0.2, 0.25) is 10.0 Å². The third kappa shape index (κ3) is 3.65. The van der Waals surface area contributed by atoms with Gasteiger partial charge >= 0.3 is 0 Å². The first kappa shape index (κ1) is 15.9. The maximum absolute atomic E-state index is 12.4. The lowest BCUT2D eigenvalue weighted by molar-refractivity contribution is 0.280. The molecule has 0 amide bonds. The molecule has 0 aliphatic heterocycles. The fourth-order valence-corrected chi connectivity index (χ4v) is 3.33. The summed E-state index contributed by atoms with van der Waals surface area (Å²) in [6, 6.07) is 4.96. The fraction of sp³-hybridized carbons (Fsp3) is 0.429. The fourth-order valence-electron chi connectivity index (χ4n) is 1.86. The number of sulfonamides is 1. The van der Waals surface area contributed by atoms with Crippen LogP contribution in [-0.4, -0.2) is 31.4 Å². The number of rotatable bonds is 7. The van der Waals surface area contributed by atoms with Gasteiger partial charge in [-0.25, -0.2) is 12.7 Å². The third-order valence-corrected chi connectivity index (χ3v) is 5.14. The Morgan fingerprint density at radius 2 is 2.11 bits per heavy atom. The molecule has 0 aromatic heterocycles. The second-order valence-corrected chi connectivity index (χ2v) is 6.47. The highest BCUT2D eigenvalue weighted by molar-refractivity contribution is 7.89. The molecule has 0 bridgehead atoms. The van der Waals surface area contributed by atoms with Crippen molar-refractivity contribution in [2.75, 3.05) is 13.6 Å². The standard InChI is InChI=1S/C14H21NO3S/c1-4-5-6-10-15(3)19(17,18)14-9-7-8-13(11-16)12(14)2/h4,7-9,16H,1,5-6,10-11H2,2-3H3. The zero-order valence-electron chi connectivity index (χ0n) is 11.5. The number of hydrogen-bond donors (Lipinski definition) is 1. The van der Waals surface area contributed by atoms with Crippen molar-refractivity contribution in [2.24, 2.45) is 0 Å². The average Bonchev–Trinajstić information content (AvgIpc) is 2.38. The number of hydrogen-bond acceptors (Lipinski definition) is 3. The quantitative estimate of drug-likeness (QED) is 0.615. The molecular weight excluding hydrogens is 262 g/mol. The van der Waals surface area contributed by atoms with Crippen LogP contribution in [0.2, 0.25) is 0 Å². The lowest BCUT2D eigenvalue weighted by Crippen LogP contribution is -2.28. The van der Waals surface area contributed by atoms with E-state index >= 15 is 0 Å². The Labute approximate surface area is 115 Å². The van der Waals surface area contributed by atoms with E-state index in [9.17, 15) is 13.5 Å². The first-order chi connectivity index (χ1) is 8.95. The van der Waals surface area contributed by atoms with Crippen molar-refractivity contribution in [1.29, 1.82) is 0 Å². The first-order valence-electron chi connectivity index (χ1n) is 6.21. The zero-order chi connectivity index (χ0) is 14.5. The van der Waals surface area contributed by atoms with Gasteiger partial charge in [0.25, 0.3) is 0 Å². The first-order valence-corrected chi connectivity index (χ1v) is 7.65. The molecule has 19 heavy (non-hydrogen) atoms. The SMILES string of the molecule is C=CCCCN(C)S(=O)(=O)c1cccc(CO)c1C. The van der Waals surface area contributed by atoms with Gasteiger partial charge in [0.05, 0.1) is 11.5 Å². The predicted octanol–water partition coefficient (Wildman–Crippen LogP) is 2.07. The summed E-state index contributed by atoms with van der Waals surface area (Å²) in [5.74, 6) is 0. The lowest BCUT2D eigenvalue weighted by atomic mass is 10.1. The van der Waals surface area contributed by atoms with E-state index in [1.54, 1.807) is 38.2 Å². The molecule has 4 nitrogen and oxygen atoms in total. The van der Waals surface area contributed by atoms with Gasteiger partial charge in [0, 0.05) is 13.6 Å². The lowest BCUT2D eigenvalue weighted by Gasteiger charge is -2.19. The van der Waals surface area contributed by atoms with Crippen molar-refractivity contribution in [1.82, 2.24) is 4.31 Å². The molecule has 0 saturated carbocycles. The molecule has 5 heteroatoms. The molecule has 106 valence electrons. The van der Waals surface area contributed by atoms with Crippen LogP contribution in [0.3, 0.4) is 0 Å². The Morgan fingerprint density at radius 1 is 1.42 bits per heavy atom. The Balaban J connectivity index is 3.03. The van der Waals surface area contributed by atoms with Crippen LogP contribution in [-0.2, 0) is 16.6 Å². The Hall–Kier alpha value is -1.17. The van der Waals surface area contributed by atoms with E-state index in [0.717, 1.165) is 12.8 Å². The molecule has 1 rings (SSSR count). The van der Waals surface area contributed by atoms with E-state index in [1.807, 2.05) is 0 Å². The van der Waals surface area contributed by atoms with Crippen molar-refractivity contribution in [2.45, 2.75) is 31.3 Å². The van der Waals surface area contributed by atoms with Crippen LogP contribution in [0.15, 0.2) is 35.7 Å². The van der Waals surface area contributed by atoms with Crippen molar-refractivity contribution < 1.29 is 13.5 Å². The summed E-state index contributed by atoms with van der Waals surface area (Å²) in [5.41, 5.74) is 1.25. The molecule has 1 N–H and O–H groups in total. The molecule has 0 fully saturated rings. The summed E-state index contributed by atoms with van der Waals surface area (Å²) in [4.78, 5) is 0.264. The van der Waals surface area contributed by atoms with Gasteiger partial charge in [0.1, 0.15) is 0 Å². The van der Waals surface area contributed by atoms with Gasteiger partial charge in [-0.2, -0.15) is 0 Å². The highest BCUT2D eigenvalue weighted by Crippen LogP contribution is 2.22. The number of aliphatic hydroxyl groups excluding tert-OH is 1. The normalized spacial score (nSPS) is 11.8. The maximum atomic E-state index is 12.4. The zero-order valence-corrected chi connectivity index (χ0v) is 12.3. The molecule has 0 unspecified atom stereocenters. The van der Waals surface area contributed by atoms with Gasteiger partial charge in [-0.05, 0) is 37.0 Å². The monoisotopic (exact) mass is 283 g/mol. The van der Waals surface area contributed by atoms with Crippen LogP contribution in [0.1, 0.15) is 24.0 Å². The van der Waals surface area contributed by atoms with E-state index < -0.39 is 10.0 Å². The Morgan fingerprint density at radius 3 is 2.68 bits per heavy atom.